The largest absolute Gasteiger partial charge is 0.310 e. The van der Waals surface area contributed by atoms with E-state index < -0.39 is 0 Å². The Morgan fingerprint density at radius 2 is 0.980 bits per heavy atom. The van der Waals surface area contributed by atoms with Gasteiger partial charge in [-0.15, -0.1) is 11.3 Å². The SMILES string of the molecule is c1ccc(-n2c3ccccc3c3ccc(N(c4ccc5c(ccc6c7ccccc7ccc56)c4)c4cccc5sc6ccccc6c45)cc32)cc1. The van der Waals surface area contributed by atoms with Crippen molar-refractivity contribution in [1.82, 2.24) is 4.57 Å². The molecule has 3 heteroatoms. The molecule has 0 fully saturated rings. The van der Waals surface area contributed by atoms with Crippen LogP contribution < -0.4 is 4.90 Å². The van der Waals surface area contributed by atoms with E-state index in [0.29, 0.717) is 0 Å². The summed E-state index contributed by atoms with van der Waals surface area (Å²) in [6.45, 7) is 0. The molecule has 238 valence electrons. The first-order chi connectivity index (χ1) is 25.3. The Morgan fingerprint density at radius 3 is 1.84 bits per heavy atom. The van der Waals surface area contributed by atoms with Crippen molar-refractivity contribution in [2.45, 2.75) is 0 Å². The Balaban J connectivity index is 1.20. The van der Waals surface area contributed by atoms with Crippen LogP contribution in [0.1, 0.15) is 0 Å². The maximum atomic E-state index is 2.47. The molecule has 0 bridgehead atoms. The normalized spacial score (nSPS) is 11.9. The molecule has 0 aliphatic carbocycles. The molecule has 0 N–H and O–H groups in total. The Hall–Kier alpha value is -6.42. The van der Waals surface area contributed by atoms with E-state index in [0.717, 1.165) is 17.1 Å². The van der Waals surface area contributed by atoms with Gasteiger partial charge in [0.05, 0.1) is 16.7 Å². The summed E-state index contributed by atoms with van der Waals surface area (Å²) in [7, 11) is 0. The third kappa shape index (κ3) is 4.29. The molecule has 2 heterocycles. The maximum Gasteiger partial charge on any atom is 0.0561 e. The summed E-state index contributed by atoms with van der Waals surface area (Å²) in [5.41, 5.74) is 6.98. The predicted molar refractivity (Wildman–Crippen MR) is 221 cm³/mol. The number of rotatable bonds is 4. The van der Waals surface area contributed by atoms with Gasteiger partial charge in [-0.2, -0.15) is 0 Å². The third-order valence-corrected chi connectivity index (χ3v) is 11.7. The van der Waals surface area contributed by atoms with Gasteiger partial charge in [-0.05, 0) is 93.0 Å². The van der Waals surface area contributed by atoms with Gasteiger partial charge in [-0.25, -0.2) is 0 Å². The van der Waals surface area contributed by atoms with Crippen molar-refractivity contribution in [1.29, 1.82) is 0 Å². The second-order valence-electron chi connectivity index (χ2n) is 13.3. The number of aromatic nitrogens is 1. The summed E-state index contributed by atoms with van der Waals surface area (Å²) in [4.78, 5) is 2.47. The van der Waals surface area contributed by atoms with Crippen molar-refractivity contribution >= 4 is 103 Å². The minimum Gasteiger partial charge on any atom is -0.310 e. The van der Waals surface area contributed by atoms with Crippen LogP contribution in [-0.4, -0.2) is 4.57 Å². The van der Waals surface area contributed by atoms with Gasteiger partial charge in [0.2, 0.25) is 0 Å². The summed E-state index contributed by atoms with van der Waals surface area (Å²) >= 11 is 1.86. The van der Waals surface area contributed by atoms with Gasteiger partial charge in [0.15, 0.2) is 0 Å². The number of fused-ring (bicyclic) bond motifs is 11. The lowest BCUT2D eigenvalue weighted by molar-refractivity contribution is 1.18. The van der Waals surface area contributed by atoms with Crippen molar-refractivity contribution < 1.29 is 0 Å². The van der Waals surface area contributed by atoms with Gasteiger partial charge >= 0.3 is 0 Å². The van der Waals surface area contributed by atoms with E-state index in [4.69, 9.17) is 0 Å². The zero-order valence-electron chi connectivity index (χ0n) is 27.6. The van der Waals surface area contributed by atoms with Gasteiger partial charge < -0.3 is 9.47 Å². The number of nitrogens with zero attached hydrogens (tertiary/aromatic N) is 2. The van der Waals surface area contributed by atoms with Gasteiger partial charge in [0, 0.05) is 48.0 Å². The van der Waals surface area contributed by atoms with Gasteiger partial charge in [0.1, 0.15) is 0 Å². The van der Waals surface area contributed by atoms with E-state index in [-0.39, 0.29) is 0 Å². The van der Waals surface area contributed by atoms with Crippen molar-refractivity contribution in [3.63, 3.8) is 0 Å². The lowest BCUT2D eigenvalue weighted by Crippen LogP contribution is -2.10. The van der Waals surface area contributed by atoms with E-state index in [9.17, 15) is 0 Å². The molecule has 0 amide bonds. The van der Waals surface area contributed by atoms with Crippen LogP contribution in [0.2, 0.25) is 0 Å². The second-order valence-corrected chi connectivity index (χ2v) is 14.4. The van der Waals surface area contributed by atoms with Gasteiger partial charge in [-0.3, -0.25) is 0 Å². The fraction of sp³-hybridized carbons (Fsp3) is 0. The molecule has 0 unspecified atom stereocenters. The Kier molecular flexibility index (Phi) is 6.16. The highest BCUT2D eigenvalue weighted by Gasteiger charge is 2.21. The topological polar surface area (TPSA) is 8.17 Å². The molecule has 11 aromatic rings. The minimum absolute atomic E-state index is 1.12. The molecule has 0 spiro atoms. The van der Waals surface area contributed by atoms with E-state index in [2.05, 4.69) is 191 Å². The zero-order chi connectivity index (χ0) is 33.5. The molecule has 51 heavy (non-hydrogen) atoms. The number of thiophene rings is 1. The van der Waals surface area contributed by atoms with Crippen LogP contribution in [0.15, 0.2) is 182 Å². The quantitative estimate of drug-likeness (QED) is 0.170. The summed E-state index contributed by atoms with van der Waals surface area (Å²) in [6, 6.07) is 66.8. The van der Waals surface area contributed by atoms with Gasteiger partial charge in [-0.1, -0.05) is 121 Å². The molecule has 11 rings (SSSR count). The fourth-order valence-electron chi connectivity index (χ4n) is 8.28. The number of hydrogen-bond acceptors (Lipinski definition) is 2. The average Bonchev–Trinajstić information content (AvgIpc) is 3.74. The maximum absolute atomic E-state index is 2.47. The summed E-state index contributed by atoms with van der Waals surface area (Å²) in [5, 5.41) is 12.7. The first kappa shape index (κ1) is 28.4. The molecule has 0 aliphatic rings. The van der Waals surface area contributed by atoms with Crippen LogP contribution in [0, 0.1) is 0 Å². The number of hydrogen-bond donors (Lipinski definition) is 0. The molecular formula is C48H30N2S. The number of anilines is 3. The van der Waals surface area contributed by atoms with E-state index in [1.165, 1.54) is 80.0 Å². The summed E-state index contributed by atoms with van der Waals surface area (Å²) in [6.07, 6.45) is 0. The van der Waals surface area contributed by atoms with E-state index in [1.54, 1.807) is 0 Å². The fourth-order valence-corrected chi connectivity index (χ4v) is 9.41. The minimum atomic E-state index is 1.12. The molecule has 2 aromatic heterocycles. The van der Waals surface area contributed by atoms with Crippen LogP contribution in [0.3, 0.4) is 0 Å². The monoisotopic (exact) mass is 666 g/mol. The molecule has 0 radical (unpaired) electrons. The van der Waals surface area contributed by atoms with Crippen LogP contribution in [0.25, 0.3) is 80.0 Å². The lowest BCUT2D eigenvalue weighted by atomic mass is 9.96. The van der Waals surface area contributed by atoms with Crippen molar-refractivity contribution in [3.05, 3.63) is 182 Å². The highest BCUT2D eigenvalue weighted by molar-refractivity contribution is 7.26. The highest BCUT2D eigenvalue weighted by Crippen LogP contribution is 2.47. The van der Waals surface area contributed by atoms with Crippen molar-refractivity contribution in [2.75, 3.05) is 4.90 Å². The summed E-state index contributed by atoms with van der Waals surface area (Å²) in [5.74, 6) is 0. The third-order valence-electron chi connectivity index (χ3n) is 10.5. The first-order valence-corrected chi connectivity index (χ1v) is 18.3. The van der Waals surface area contributed by atoms with Crippen LogP contribution in [0.5, 0.6) is 0 Å². The molecule has 0 atom stereocenters. The average molecular weight is 667 g/mol. The molecule has 0 saturated carbocycles. The standard InChI is InChI=1S/C48H30N2S/c1-2-12-33(13-3-1)50-43-17-8-6-15-40(43)41-28-24-35(30-45(41)50)49(44-18-10-20-47-48(44)42-16-7-9-19-46(42)51-47)34-23-27-37-32(29-34)22-26-38-36-14-5-4-11-31(36)21-25-39(37)38/h1-30H. The molecule has 0 saturated heterocycles. The van der Waals surface area contributed by atoms with E-state index in [1.807, 2.05) is 11.3 Å². The second kappa shape index (κ2) is 11.0. The lowest BCUT2D eigenvalue weighted by Gasteiger charge is -2.27. The van der Waals surface area contributed by atoms with Crippen molar-refractivity contribution in [3.8, 4) is 5.69 Å². The smallest absolute Gasteiger partial charge is 0.0561 e. The van der Waals surface area contributed by atoms with Crippen molar-refractivity contribution in [2.24, 2.45) is 0 Å². The van der Waals surface area contributed by atoms with Crippen LogP contribution >= 0.6 is 11.3 Å². The molecule has 0 aliphatic heterocycles. The van der Waals surface area contributed by atoms with Gasteiger partial charge in [0.25, 0.3) is 0 Å². The Bertz CT molecular complexity index is 3150. The predicted octanol–water partition coefficient (Wildman–Crippen LogP) is 14.1. The molecule has 9 aromatic carbocycles. The zero-order valence-corrected chi connectivity index (χ0v) is 28.4. The highest BCUT2D eigenvalue weighted by atomic mass is 32.1. The number of para-hydroxylation sites is 2. The summed E-state index contributed by atoms with van der Waals surface area (Å²) < 4.78 is 5.00. The molecule has 2 nitrogen and oxygen atoms in total. The molecular weight excluding hydrogens is 637 g/mol. The Morgan fingerprint density at radius 1 is 0.373 bits per heavy atom. The van der Waals surface area contributed by atoms with E-state index >= 15 is 0 Å². The Labute approximate surface area is 298 Å². The van der Waals surface area contributed by atoms with Crippen LogP contribution in [-0.2, 0) is 0 Å². The first-order valence-electron chi connectivity index (χ1n) is 17.4. The number of benzene rings is 9. The van der Waals surface area contributed by atoms with Crippen LogP contribution in [0.4, 0.5) is 17.1 Å².